The monoisotopic (exact) mass is 474 g/mol. The van der Waals surface area contributed by atoms with Crippen LogP contribution in [0.15, 0.2) is 70.1 Å². The Balaban J connectivity index is 2.11. The van der Waals surface area contributed by atoms with Crippen LogP contribution < -0.4 is 5.73 Å². The van der Waals surface area contributed by atoms with Gasteiger partial charge in [-0.2, -0.15) is 5.26 Å². The molecule has 160 valence electrons. The van der Waals surface area contributed by atoms with Crippen LogP contribution in [0.3, 0.4) is 0 Å². The number of carbonyl (C=O) groups is 1. The fourth-order valence-corrected chi connectivity index (χ4v) is 4.45. The maximum Gasteiger partial charge on any atom is 0.338 e. The summed E-state index contributed by atoms with van der Waals surface area (Å²) in [6.45, 7) is 3.88. The van der Waals surface area contributed by atoms with Gasteiger partial charge < -0.3 is 15.2 Å². The minimum Gasteiger partial charge on any atom is -0.463 e. The molecule has 1 atom stereocenters. The number of aryl methyl sites for hydroxylation is 1. The van der Waals surface area contributed by atoms with Gasteiger partial charge >= 0.3 is 5.97 Å². The lowest BCUT2D eigenvalue weighted by molar-refractivity contribution is -0.139. The second-order valence-electron chi connectivity index (χ2n) is 6.73. The van der Waals surface area contributed by atoms with Crippen molar-refractivity contribution in [1.82, 2.24) is 0 Å². The van der Waals surface area contributed by atoms with Gasteiger partial charge in [-0.1, -0.05) is 53.0 Å². The normalized spacial score (nSPS) is 16.0. The van der Waals surface area contributed by atoms with Crippen molar-refractivity contribution in [2.24, 2.45) is 5.73 Å². The van der Waals surface area contributed by atoms with Crippen molar-refractivity contribution in [2.45, 2.75) is 24.7 Å². The minimum atomic E-state index is -0.849. The number of rotatable bonds is 6. The van der Waals surface area contributed by atoms with E-state index in [2.05, 4.69) is 6.07 Å². The molecular formula is C23H20Cl2N2O3S. The highest BCUT2D eigenvalue weighted by atomic mass is 35.5. The van der Waals surface area contributed by atoms with Crippen molar-refractivity contribution < 1.29 is 14.3 Å². The second kappa shape index (κ2) is 10.1. The Morgan fingerprint density at radius 2 is 1.97 bits per heavy atom. The first-order chi connectivity index (χ1) is 14.9. The molecule has 2 aromatic rings. The quantitative estimate of drug-likeness (QED) is 0.425. The summed E-state index contributed by atoms with van der Waals surface area (Å²) in [5.41, 5.74) is 7.98. The average Bonchev–Trinajstić information content (AvgIpc) is 2.75. The van der Waals surface area contributed by atoms with E-state index in [0.29, 0.717) is 22.1 Å². The fourth-order valence-electron chi connectivity index (χ4n) is 3.20. The predicted molar refractivity (Wildman–Crippen MR) is 123 cm³/mol. The number of hydrogen-bond donors (Lipinski definition) is 1. The zero-order chi connectivity index (χ0) is 22.5. The van der Waals surface area contributed by atoms with Crippen molar-refractivity contribution in [1.29, 1.82) is 5.26 Å². The number of ether oxygens (including phenoxy) is 2. The minimum absolute atomic E-state index is 0.0731. The van der Waals surface area contributed by atoms with Crippen molar-refractivity contribution in [2.75, 3.05) is 12.4 Å². The zero-order valence-corrected chi connectivity index (χ0v) is 19.3. The first kappa shape index (κ1) is 23.1. The Bertz CT molecular complexity index is 1100. The lowest BCUT2D eigenvalue weighted by Gasteiger charge is -2.28. The lowest BCUT2D eigenvalue weighted by atomic mass is 9.83. The Kier molecular flexibility index (Phi) is 7.55. The molecule has 0 amide bonds. The molecule has 1 aliphatic heterocycles. The fraction of sp³-hybridized carbons (Fsp3) is 0.217. The maximum atomic E-state index is 13.0. The topological polar surface area (TPSA) is 85.3 Å². The molecule has 0 aliphatic carbocycles. The van der Waals surface area contributed by atoms with Gasteiger partial charge in [-0.3, -0.25) is 0 Å². The zero-order valence-electron chi connectivity index (χ0n) is 16.9. The molecule has 5 nitrogen and oxygen atoms in total. The number of nitriles is 1. The number of halogens is 2. The highest BCUT2D eigenvalue weighted by Crippen LogP contribution is 2.44. The third kappa shape index (κ3) is 5.01. The van der Waals surface area contributed by atoms with E-state index in [1.807, 2.05) is 31.2 Å². The molecule has 0 bridgehead atoms. The van der Waals surface area contributed by atoms with Crippen LogP contribution in [-0.4, -0.2) is 18.3 Å². The molecule has 0 radical (unpaired) electrons. The van der Waals surface area contributed by atoms with E-state index in [0.717, 1.165) is 10.5 Å². The van der Waals surface area contributed by atoms with E-state index in [1.54, 1.807) is 25.1 Å². The van der Waals surface area contributed by atoms with Crippen LogP contribution >= 0.6 is 35.0 Å². The number of benzene rings is 2. The number of carbonyl (C=O) groups excluding carboxylic acids is 1. The largest absolute Gasteiger partial charge is 0.463 e. The third-order valence-corrected chi connectivity index (χ3v) is 6.52. The van der Waals surface area contributed by atoms with Crippen LogP contribution in [0.4, 0.5) is 0 Å². The Labute approximate surface area is 195 Å². The Morgan fingerprint density at radius 1 is 1.26 bits per heavy atom. The number of nitrogens with two attached hydrogens (primary N) is 1. The molecule has 0 spiro atoms. The van der Waals surface area contributed by atoms with Crippen LogP contribution in [0.5, 0.6) is 0 Å². The van der Waals surface area contributed by atoms with Gasteiger partial charge in [0.1, 0.15) is 17.4 Å². The molecule has 1 aliphatic rings. The average molecular weight is 475 g/mol. The summed E-state index contributed by atoms with van der Waals surface area (Å²) in [6.07, 6.45) is 0. The van der Waals surface area contributed by atoms with Gasteiger partial charge in [0.2, 0.25) is 5.88 Å². The van der Waals surface area contributed by atoms with Crippen molar-refractivity contribution in [3.63, 3.8) is 0 Å². The predicted octanol–water partition coefficient (Wildman–Crippen LogP) is 5.72. The highest BCUT2D eigenvalue weighted by molar-refractivity contribution is 7.99. The van der Waals surface area contributed by atoms with E-state index in [4.69, 9.17) is 38.4 Å². The number of allylic oxidation sites excluding steroid dienone is 1. The molecule has 0 saturated heterocycles. The molecule has 0 saturated carbocycles. The third-order valence-electron chi connectivity index (χ3n) is 4.68. The van der Waals surface area contributed by atoms with Gasteiger partial charge in [0.25, 0.3) is 0 Å². The van der Waals surface area contributed by atoms with Crippen molar-refractivity contribution in [3.05, 3.63) is 86.4 Å². The van der Waals surface area contributed by atoms with Crippen molar-refractivity contribution >= 4 is 40.9 Å². The summed E-state index contributed by atoms with van der Waals surface area (Å²) >= 11 is 14.1. The summed E-state index contributed by atoms with van der Waals surface area (Å²) < 4.78 is 11.0. The Morgan fingerprint density at radius 3 is 2.61 bits per heavy atom. The van der Waals surface area contributed by atoms with Gasteiger partial charge in [-0.05, 0) is 37.6 Å². The van der Waals surface area contributed by atoms with Crippen LogP contribution in [0.1, 0.15) is 24.0 Å². The van der Waals surface area contributed by atoms with Gasteiger partial charge in [-0.25, -0.2) is 4.79 Å². The van der Waals surface area contributed by atoms with E-state index < -0.39 is 11.9 Å². The molecule has 1 heterocycles. The van der Waals surface area contributed by atoms with Gasteiger partial charge in [0.15, 0.2) is 0 Å². The smallest absolute Gasteiger partial charge is 0.338 e. The lowest BCUT2D eigenvalue weighted by Crippen LogP contribution is -2.27. The van der Waals surface area contributed by atoms with E-state index in [1.165, 1.54) is 11.8 Å². The van der Waals surface area contributed by atoms with Crippen LogP contribution in [-0.2, 0) is 14.3 Å². The summed E-state index contributed by atoms with van der Waals surface area (Å²) in [7, 11) is 0. The van der Waals surface area contributed by atoms with Gasteiger partial charge in [0.05, 0.1) is 33.9 Å². The summed E-state index contributed by atoms with van der Waals surface area (Å²) in [5, 5.41) is 10.3. The maximum absolute atomic E-state index is 13.0. The van der Waals surface area contributed by atoms with Crippen LogP contribution in [0, 0.1) is 18.3 Å². The molecule has 31 heavy (non-hydrogen) atoms. The molecule has 3 rings (SSSR count). The van der Waals surface area contributed by atoms with Gasteiger partial charge in [-0.15, -0.1) is 11.8 Å². The molecule has 2 N–H and O–H groups in total. The number of hydrogen-bond acceptors (Lipinski definition) is 6. The Hall–Kier alpha value is -2.59. The number of esters is 1. The highest BCUT2D eigenvalue weighted by Gasteiger charge is 2.38. The van der Waals surface area contributed by atoms with E-state index in [9.17, 15) is 10.1 Å². The molecular weight excluding hydrogens is 455 g/mol. The van der Waals surface area contributed by atoms with E-state index in [-0.39, 0.29) is 28.7 Å². The summed E-state index contributed by atoms with van der Waals surface area (Å²) in [4.78, 5) is 14.0. The van der Waals surface area contributed by atoms with E-state index >= 15 is 0 Å². The molecule has 0 fully saturated rings. The standard InChI is InChI=1S/C23H20Cl2N2O3S/c1-3-29-23(28)20-18(12-31-14-9-7-13(2)8-10-14)30-22(27)16(11-26)19(20)15-5-4-6-17(24)21(15)25/h4-10,19H,3,12,27H2,1-2H3/t19-/m0/s1. The number of nitrogens with zero attached hydrogens (tertiary/aromatic N) is 1. The van der Waals surface area contributed by atoms with Crippen molar-refractivity contribution in [3.8, 4) is 6.07 Å². The SMILES string of the molecule is CCOC(=O)C1=C(CSc2ccc(C)cc2)OC(N)=C(C#N)[C@@H]1c1cccc(Cl)c1Cl. The van der Waals surface area contributed by atoms with Gasteiger partial charge in [0, 0.05) is 4.90 Å². The molecule has 0 aromatic heterocycles. The summed E-state index contributed by atoms with van der Waals surface area (Å²) in [5.74, 6) is -0.885. The number of thioether (sulfide) groups is 1. The van der Waals surface area contributed by atoms with Crippen LogP contribution in [0.2, 0.25) is 10.0 Å². The second-order valence-corrected chi connectivity index (χ2v) is 8.56. The van der Waals surface area contributed by atoms with Crippen LogP contribution in [0.25, 0.3) is 0 Å². The first-order valence-electron chi connectivity index (χ1n) is 9.48. The molecule has 2 aromatic carbocycles. The molecule has 0 unspecified atom stereocenters. The molecule has 8 heteroatoms. The summed E-state index contributed by atoms with van der Waals surface area (Å²) in [6, 6.07) is 15.1. The first-order valence-corrected chi connectivity index (χ1v) is 11.2.